The highest BCUT2D eigenvalue weighted by molar-refractivity contribution is 7.80. The van der Waals surface area contributed by atoms with Crippen LogP contribution in [-0.4, -0.2) is 27.7 Å². The Morgan fingerprint density at radius 3 is 2.39 bits per heavy atom. The number of nitrogens with zero attached hydrogens (tertiary/aromatic N) is 1. The van der Waals surface area contributed by atoms with Gasteiger partial charge in [0.1, 0.15) is 0 Å². The first-order valence-corrected chi connectivity index (χ1v) is 7.08. The molecule has 0 radical (unpaired) electrons. The van der Waals surface area contributed by atoms with Gasteiger partial charge >= 0.3 is 0 Å². The van der Waals surface area contributed by atoms with Gasteiger partial charge in [0.05, 0.1) is 11.0 Å². The second kappa shape index (κ2) is 5.34. The number of nitrogens with two attached hydrogens (primary N) is 1. The van der Waals surface area contributed by atoms with E-state index in [2.05, 4.69) is 0 Å². The van der Waals surface area contributed by atoms with Crippen molar-refractivity contribution < 1.29 is 9.59 Å². The normalized spacial score (nSPS) is 27.6. The van der Waals surface area contributed by atoms with Crippen LogP contribution in [0.25, 0.3) is 0 Å². The molecule has 2 unspecified atom stereocenters. The minimum Gasteiger partial charge on any atom is -0.392 e. The Morgan fingerprint density at radius 1 is 1.33 bits per heavy atom. The predicted octanol–water partition coefficient (Wildman–Crippen LogP) is 1.62. The standard InChI is InChI=1S/C13H20N2O2S/c1-8-7-10(16)15(13(8)17)11(12(14)18)9-5-3-2-4-6-9/h8-9,11H,2-7H2,1H3,(H2,14,18). The lowest BCUT2D eigenvalue weighted by Crippen LogP contribution is -2.51. The molecule has 1 saturated heterocycles. The first-order chi connectivity index (χ1) is 8.52. The molecule has 100 valence electrons. The number of thiocarbonyl (C=S) groups is 1. The van der Waals surface area contributed by atoms with Gasteiger partial charge < -0.3 is 5.73 Å². The van der Waals surface area contributed by atoms with Crippen LogP contribution in [0.2, 0.25) is 0 Å². The van der Waals surface area contributed by atoms with Crippen molar-refractivity contribution in [3.05, 3.63) is 0 Å². The second-order valence-electron chi connectivity index (χ2n) is 5.45. The second-order valence-corrected chi connectivity index (χ2v) is 5.92. The number of hydrogen-bond donors (Lipinski definition) is 1. The summed E-state index contributed by atoms with van der Waals surface area (Å²) in [7, 11) is 0. The fourth-order valence-electron chi connectivity index (χ4n) is 3.12. The minimum atomic E-state index is -0.356. The van der Waals surface area contributed by atoms with E-state index in [1.54, 1.807) is 6.92 Å². The summed E-state index contributed by atoms with van der Waals surface area (Å²) in [5, 5.41) is 0. The minimum absolute atomic E-state index is 0.108. The van der Waals surface area contributed by atoms with Gasteiger partial charge in [-0.05, 0) is 18.8 Å². The molecule has 0 aromatic rings. The Balaban J connectivity index is 2.21. The highest BCUT2D eigenvalue weighted by Crippen LogP contribution is 2.32. The highest BCUT2D eigenvalue weighted by Gasteiger charge is 2.44. The number of likely N-dealkylation sites (tertiary alicyclic amines) is 1. The maximum absolute atomic E-state index is 12.1. The third-order valence-electron chi connectivity index (χ3n) is 4.07. The third kappa shape index (κ3) is 2.41. The molecule has 2 atom stereocenters. The van der Waals surface area contributed by atoms with Crippen molar-refractivity contribution in [1.82, 2.24) is 4.90 Å². The fourth-order valence-corrected chi connectivity index (χ4v) is 3.42. The number of carbonyl (C=O) groups is 2. The monoisotopic (exact) mass is 268 g/mol. The lowest BCUT2D eigenvalue weighted by molar-refractivity contribution is -0.141. The number of amides is 2. The quantitative estimate of drug-likeness (QED) is 0.624. The molecule has 2 fully saturated rings. The van der Waals surface area contributed by atoms with Gasteiger partial charge in [-0.3, -0.25) is 14.5 Å². The van der Waals surface area contributed by atoms with E-state index in [4.69, 9.17) is 18.0 Å². The van der Waals surface area contributed by atoms with Gasteiger partial charge in [0.15, 0.2) is 0 Å². The average molecular weight is 268 g/mol. The van der Waals surface area contributed by atoms with Crippen LogP contribution in [0.1, 0.15) is 45.4 Å². The van der Waals surface area contributed by atoms with Crippen molar-refractivity contribution >= 4 is 29.0 Å². The predicted molar refractivity (Wildman–Crippen MR) is 72.8 cm³/mol. The van der Waals surface area contributed by atoms with Crippen LogP contribution < -0.4 is 5.73 Å². The summed E-state index contributed by atoms with van der Waals surface area (Å²) in [5.74, 6) is -0.188. The van der Waals surface area contributed by atoms with E-state index < -0.39 is 0 Å². The SMILES string of the molecule is CC1CC(=O)N(C(C(N)=S)C2CCCCC2)C1=O. The first-order valence-electron chi connectivity index (χ1n) is 6.67. The molecule has 18 heavy (non-hydrogen) atoms. The average Bonchev–Trinajstić information content (AvgIpc) is 2.57. The molecule has 1 heterocycles. The molecule has 2 aliphatic rings. The molecular weight excluding hydrogens is 248 g/mol. The summed E-state index contributed by atoms with van der Waals surface area (Å²) in [6.07, 6.45) is 5.80. The van der Waals surface area contributed by atoms with Crippen LogP contribution in [0.3, 0.4) is 0 Å². The summed E-state index contributed by atoms with van der Waals surface area (Å²) in [5.41, 5.74) is 5.80. The first kappa shape index (κ1) is 13.5. The van der Waals surface area contributed by atoms with E-state index in [0.29, 0.717) is 6.42 Å². The lowest BCUT2D eigenvalue weighted by atomic mass is 9.83. The van der Waals surface area contributed by atoms with Gasteiger partial charge in [0, 0.05) is 12.3 Å². The summed E-state index contributed by atoms with van der Waals surface area (Å²) in [6.45, 7) is 1.79. The number of rotatable bonds is 3. The van der Waals surface area contributed by atoms with Crippen molar-refractivity contribution in [1.29, 1.82) is 0 Å². The molecule has 0 aromatic carbocycles. The van der Waals surface area contributed by atoms with E-state index in [0.717, 1.165) is 25.7 Å². The Morgan fingerprint density at radius 2 is 1.94 bits per heavy atom. The smallest absolute Gasteiger partial charge is 0.233 e. The van der Waals surface area contributed by atoms with Crippen molar-refractivity contribution in [3.63, 3.8) is 0 Å². The lowest BCUT2D eigenvalue weighted by Gasteiger charge is -2.34. The van der Waals surface area contributed by atoms with Crippen LogP contribution in [0.15, 0.2) is 0 Å². The summed E-state index contributed by atoms with van der Waals surface area (Å²) in [4.78, 5) is 25.7. The van der Waals surface area contributed by atoms with E-state index in [1.165, 1.54) is 11.3 Å². The van der Waals surface area contributed by atoms with Crippen LogP contribution >= 0.6 is 12.2 Å². The van der Waals surface area contributed by atoms with Crippen molar-refractivity contribution in [3.8, 4) is 0 Å². The molecule has 0 aromatic heterocycles. The van der Waals surface area contributed by atoms with E-state index in [1.807, 2.05) is 0 Å². The van der Waals surface area contributed by atoms with E-state index >= 15 is 0 Å². The van der Waals surface area contributed by atoms with Crippen molar-refractivity contribution in [2.75, 3.05) is 0 Å². The Bertz CT molecular complexity index is 377. The number of imide groups is 1. The zero-order valence-electron chi connectivity index (χ0n) is 10.7. The van der Waals surface area contributed by atoms with Gasteiger partial charge in [-0.25, -0.2) is 0 Å². The molecule has 1 aliphatic heterocycles. The summed E-state index contributed by atoms with van der Waals surface area (Å²) < 4.78 is 0. The number of carbonyl (C=O) groups excluding carboxylic acids is 2. The molecule has 1 saturated carbocycles. The zero-order valence-corrected chi connectivity index (χ0v) is 11.5. The Kier molecular flexibility index (Phi) is 4.00. The van der Waals surface area contributed by atoms with Gasteiger partial charge in [0.25, 0.3) is 0 Å². The molecule has 2 rings (SSSR count). The van der Waals surface area contributed by atoms with Crippen LogP contribution in [0.5, 0.6) is 0 Å². The molecular formula is C13H20N2O2S. The van der Waals surface area contributed by atoms with Crippen LogP contribution in [0, 0.1) is 11.8 Å². The molecule has 2 amide bonds. The largest absolute Gasteiger partial charge is 0.392 e. The molecule has 1 aliphatic carbocycles. The summed E-state index contributed by atoms with van der Waals surface area (Å²) in [6, 6.07) is -0.356. The Labute approximate surface area is 113 Å². The molecule has 2 N–H and O–H groups in total. The zero-order chi connectivity index (χ0) is 13.3. The van der Waals surface area contributed by atoms with Gasteiger partial charge in [0.2, 0.25) is 11.8 Å². The van der Waals surface area contributed by atoms with Crippen molar-refractivity contribution in [2.24, 2.45) is 17.6 Å². The molecule has 4 nitrogen and oxygen atoms in total. The Hall–Kier alpha value is -0.970. The summed E-state index contributed by atoms with van der Waals surface area (Å²) >= 11 is 5.11. The maximum atomic E-state index is 12.1. The number of hydrogen-bond acceptors (Lipinski definition) is 3. The fraction of sp³-hybridized carbons (Fsp3) is 0.769. The topological polar surface area (TPSA) is 63.4 Å². The van der Waals surface area contributed by atoms with Gasteiger partial charge in [-0.15, -0.1) is 0 Å². The van der Waals surface area contributed by atoms with Crippen LogP contribution in [0.4, 0.5) is 0 Å². The highest BCUT2D eigenvalue weighted by atomic mass is 32.1. The van der Waals surface area contributed by atoms with Crippen LogP contribution in [-0.2, 0) is 9.59 Å². The molecule has 0 bridgehead atoms. The van der Waals surface area contributed by atoms with E-state index in [-0.39, 0.29) is 34.7 Å². The third-order valence-corrected chi connectivity index (χ3v) is 4.32. The maximum Gasteiger partial charge on any atom is 0.233 e. The molecule has 5 heteroatoms. The van der Waals surface area contributed by atoms with Crippen molar-refractivity contribution in [2.45, 2.75) is 51.5 Å². The van der Waals surface area contributed by atoms with Gasteiger partial charge in [-0.1, -0.05) is 38.4 Å². The molecule has 0 spiro atoms. The van der Waals surface area contributed by atoms with Gasteiger partial charge in [-0.2, -0.15) is 0 Å². The van der Waals surface area contributed by atoms with E-state index in [9.17, 15) is 9.59 Å².